The summed E-state index contributed by atoms with van der Waals surface area (Å²) in [6.07, 6.45) is 3.64. The van der Waals surface area contributed by atoms with E-state index in [-0.39, 0.29) is 5.91 Å². The number of nitrogens with two attached hydrogens (primary N) is 1. The number of thioether (sulfide) groups is 1. The molecule has 0 atom stereocenters. The smallest absolute Gasteiger partial charge is 0.223 e. The molecule has 2 rings (SSSR count). The molecule has 1 aromatic heterocycles. The van der Waals surface area contributed by atoms with E-state index < -0.39 is 0 Å². The van der Waals surface area contributed by atoms with Crippen LogP contribution in [-0.4, -0.2) is 28.7 Å². The van der Waals surface area contributed by atoms with E-state index in [9.17, 15) is 4.79 Å². The Labute approximate surface area is 141 Å². The Bertz CT molecular complexity index is 676. The van der Waals surface area contributed by atoms with Crippen molar-refractivity contribution in [2.75, 3.05) is 23.4 Å². The summed E-state index contributed by atoms with van der Waals surface area (Å²) < 4.78 is 0. The molecule has 0 aliphatic rings. The SMILES string of the molecule is CSc1nc(N)nc(C)c1CCCN(C(C)=O)c1ccccc1. The van der Waals surface area contributed by atoms with Crippen LogP contribution in [0.5, 0.6) is 0 Å². The molecule has 5 nitrogen and oxygen atoms in total. The molecule has 6 heteroatoms. The van der Waals surface area contributed by atoms with Gasteiger partial charge < -0.3 is 10.6 Å². The zero-order valence-corrected chi connectivity index (χ0v) is 14.6. The minimum atomic E-state index is 0.0477. The van der Waals surface area contributed by atoms with E-state index >= 15 is 0 Å². The number of hydrogen-bond acceptors (Lipinski definition) is 5. The number of nitrogen functional groups attached to an aromatic ring is 1. The monoisotopic (exact) mass is 330 g/mol. The Hall–Kier alpha value is -2.08. The first kappa shape index (κ1) is 17.3. The number of hydrogen-bond donors (Lipinski definition) is 1. The molecular weight excluding hydrogens is 308 g/mol. The molecule has 2 aromatic rings. The van der Waals surface area contributed by atoms with Gasteiger partial charge in [-0.3, -0.25) is 4.79 Å². The number of benzene rings is 1. The van der Waals surface area contributed by atoms with Gasteiger partial charge in [-0.25, -0.2) is 9.97 Å². The van der Waals surface area contributed by atoms with Crippen LogP contribution in [0, 0.1) is 6.92 Å². The molecule has 0 saturated carbocycles. The highest BCUT2D eigenvalue weighted by atomic mass is 32.2. The predicted octanol–water partition coefficient (Wildman–Crippen LogP) is 3.07. The summed E-state index contributed by atoms with van der Waals surface area (Å²) in [5, 5.41) is 0.920. The van der Waals surface area contributed by atoms with Gasteiger partial charge in [0.2, 0.25) is 11.9 Å². The van der Waals surface area contributed by atoms with Crippen molar-refractivity contribution in [2.45, 2.75) is 31.7 Å². The summed E-state index contributed by atoms with van der Waals surface area (Å²) in [7, 11) is 0. The molecule has 0 bridgehead atoms. The predicted molar refractivity (Wildman–Crippen MR) is 95.8 cm³/mol. The summed E-state index contributed by atoms with van der Waals surface area (Å²) in [5.74, 6) is 0.358. The Kier molecular flexibility index (Phi) is 5.98. The molecule has 0 radical (unpaired) electrons. The minimum Gasteiger partial charge on any atom is -0.368 e. The maximum absolute atomic E-state index is 11.9. The van der Waals surface area contributed by atoms with Crippen molar-refractivity contribution in [3.8, 4) is 0 Å². The highest BCUT2D eigenvalue weighted by Crippen LogP contribution is 2.23. The van der Waals surface area contributed by atoms with Crippen LogP contribution in [0.3, 0.4) is 0 Å². The van der Waals surface area contributed by atoms with Crippen LogP contribution in [-0.2, 0) is 11.2 Å². The number of carbonyl (C=O) groups excluding carboxylic acids is 1. The molecule has 122 valence electrons. The Balaban J connectivity index is 2.08. The number of para-hydroxylation sites is 1. The van der Waals surface area contributed by atoms with Gasteiger partial charge in [0.05, 0.1) is 0 Å². The summed E-state index contributed by atoms with van der Waals surface area (Å²) in [6.45, 7) is 4.21. The topological polar surface area (TPSA) is 72.1 Å². The molecule has 1 amide bonds. The van der Waals surface area contributed by atoms with E-state index in [1.165, 1.54) is 0 Å². The van der Waals surface area contributed by atoms with Gasteiger partial charge in [0.25, 0.3) is 0 Å². The number of rotatable bonds is 6. The third-order valence-electron chi connectivity index (χ3n) is 3.64. The molecule has 0 aliphatic heterocycles. The summed E-state index contributed by atoms with van der Waals surface area (Å²) in [5.41, 5.74) is 8.66. The highest BCUT2D eigenvalue weighted by Gasteiger charge is 2.13. The van der Waals surface area contributed by atoms with E-state index in [0.717, 1.165) is 34.8 Å². The Morgan fingerprint density at radius 1 is 1.26 bits per heavy atom. The number of aryl methyl sites for hydroxylation is 1. The second-order valence-corrected chi connectivity index (χ2v) is 6.06. The standard InChI is InChI=1S/C17H22N4OS/c1-12-15(16(23-3)20-17(18)19-12)10-7-11-21(13(2)22)14-8-5-4-6-9-14/h4-6,8-9H,7,10-11H2,1-3H3,(H2,18,19,20). The van der Waals surface area contributed by atoms with Gasteiger partial charge in [-0.15, -0.1) is 11.8 Å². The zero-order chi connectivity index (χ0) is 16.8. The molecule has 2 N–H and O–H groups in total. The van der Waals surface area contributed by atoms with E-state index in [0.29, 0.717) is 12.5 Å². The average molecular weight is 330 g/mol. The highest BCUT2D eigenvalue weighted by molar-refractivity contribution is 7.98. The molecular formula is C17H22N4OS. The van der Waals surface area contributed by atoms with Gasteiger partial charge in [-0.05, 0) is 38.2 Å². The molecule has 0 fully saturated rings. The van der Waals surface area contributed by atoms with Crippen molar-refractivity contribution in [2.24, 2.45) is 0 Å². The molecule has 1 aromatic carbocycles. The first-order valence-corrected chi connectivity index (χ1v) is 8.75. The van der Waals surface area contributed by atoms with E-state index in [4.69, 9.17) is 5.73 Å². The van der Waals surface area contributed by atoms with Crippen LogP contribution < -0.4 is 10.6 Å². The largest absolute Gasteiger partial charge is 0.368 e. The molecule has 0 spiro atoms. The van der Waals surface area contributed by atoms with Crippen molar-refractivity contribution in [1.29, 1.82) is 0 Å². The van der Waals surface area contributed by atoms with Crippen molar-refractivity contribution in [3.63, 3.8) is 0 Å². The van der Waals surface area contributed by atoms with Crippen LogP contribution in [0.25, 0.3) is 0 Å². The van der Waals surface area contributed by atoms with Crippen molar-refractivity contribution in [1.82, 2.24) is 9.97 Å². The first-order chi connectivity index (χ1) is 11.0. The number of amides is 1. The fraction of sp³-hybridized carbons (Fsp3) is 0.353. The number of carbonyl (C=O) groups is 1. The van der Waals surface area contributed by atoms with Crippen molar-refractivity contribution in [3.05, 3.63) is 41.6 Å². The molecule has 1 heterocycles. The van der Waals surface area contributed by atoms with Gasteiger partial charge in [-0.1, -0.05) is 18.2 Å². The number of anilines is 2. The fourth-order valence-corrected chi connectivity index (χ4v) is 3.22. The molecule has 0 unspecified atom stereocenters. The van der Waals surface area contributed by atoms with E-state index in [1.54, 1.807) is 23.6 Å². The van der Waals surface area contributed by atoms with Gasteiger partial charge >= 0.3 is 0 Å². The fourth-order valence-electron chi connectivity index (χ4n) is 2.54. The van der Waals surface area contributed by atoms with E-state index in [1.807, 2.05) is 43.5 Å². The lowest BCUT2D eigenvalue weighted by molar-refractivity contribution is -0.116. The lowest BCUT2D eigenvalue weighted by atomic mass is 10.1. The average Bonchev–Trinajstić information content (AvgIpc) is 2.53. The van der Waals surface area contributed by atoms with Crippen molar-refractivity contribution >= 4 is 29.3 Å². The lowest BCUT2D eigenvalue weighted by Gasteiger charge is -2.21. The van der Waals surface area contributed by atoms with Gasteiger partial charge in [-0.2, -0.15) is 0 Å². The number of nitrogens with zero attached hydrogens (tertiary/aromatic N) is 3. The summed E-state index contributed by atoms with van der Waals surface area (Å²) in [6, 6.07) is 9.73. The molecule has 0 aliphatic carbocycles. The van der Waals surface area contributed by atoms with Crippen LogP contribution in [0.2, 0.25) is 0 Å². The van der Waals surface area contributed by atoms with Gasteiger partial charge in [0.1, 0.15) is 5.03 Å². The first-order valence-electron chi connectivity index (χ1n) is 7.53. The van der Waals surface area contributed by atoms with Crippen molar-refractivity contribution < 1.29 is 4.79 Å². The lowest BCUT2D eigenvalue weighted by Crippen LogP contribution is -2.29. The van der Waals surface area contributed by atoms with Crippen LogP contribution in [0.1, 0.15) is 24.6 Å². The van der Waals surface area contributed by atoms with Gasteiger partial charge in [0.15, 0.2) is 0 Å². The second kappa shape index (κ2) is 7.97. The number of aromatic nitrogens is 2. The molecule has 0 saturated heterocycles. The van der Waals surface area contributed by atoms with Crippen LogP contribution in [0.4, 0.5) is 11.6 Å². The molecule has 23 heavy (non-hydrogen) atoms. The quantitative estimate of drug-likeness (QED) is 0.651. The third-order valence-corrected chi connectivity index (χ3v) is 4.37. The summed E-state index contributed by atoms with van der Waals surface area (Å²) in [4.78, 5) is 22.2. The van der Waals surface area contributed by atoms with E-state index in [2.05, 4.69) is 9.97 Å². The Morgan fingerprint density at radius 3 is 2.57 bits per heavy atom. The van der Waals surface area contributed by atoms with Gasteiger partial charge in [0, 0.05) is 30.4 Å². The second-order valence-electron chi connectivity index (χ2n) is 5.26. The van der Waals surface area contributed by atoms with Crippen LogP contribution >= 0.6 is 11.8 Å². The maximum atomic E-state index is 11.9. The van der Waals surface area contributed by atoms with Crippen LogP contribution in [0.15, 0.2) is 35.4 Å². The normalized spacial score (nSPS) is 10.6. The zero-order valence-electron chi connectivity index (χ0n) is 13.7. The summed E-state index contributed by atoms with van der Waals surface area (Å²) >= 11 is 1.57. The minimum absolute atomic E-state index is 0.0477. The third kappa shape index (κ3) is 4.45. The maximum Gasteiger partial charge on any atom is 0.223 e. The Morgan fingerprint density at radius 2 is 1.96 bits per heavy atom.